The molecule has 0 spiro atoms. The number of pyridine rings is 1. The predicted molar refractivity (Wildman–Crippen MR) is 81.0 cm³/mol. The monoisotopic (exact) mass is 276 g/mol. The number of hydrogen-bond acceptors (Lipinski definition) is 4. The Morgan fingerprint density at radius 3 is 2.75 bits per heavy atom. The van der Waals surface area contributed by atoms with Crippen LogP contribution in [0.2, 0.25) is 0 Å². The average molecular weight is 276 g/mol. The van der Waals surface area contributed by atoms with Gasteiger partial charge in [-0.2, -0.15) is 4.98 Å². The van der Waals surface area contributed by atoms with Crippen LogP contribution in [0.5, 0.6) is 5.88 Å². The van der Waals surface area contributed by atoms with Gasteiger partial charge in [0.05, 0.1) is 12.1 Å². The molecule has 2 unspecified atom stereocenters. The van der Waals surface area contributed by atoms with Crippen LogP contribution in [-0.2, 0) is 0 Å². The lowest BCUT2D eigenvalue weighted by Gasteiger charge is -2.09. The summed E-state index contributed by atoms with van der Waals surface area (Å²) in [6, 6.07) is 4.11. The second-order valence-electron chi connectivity index (χ2n) is 5.38. The largest absolute Gasteiger partial charge is 0.478 e. The number of nitrogens with zero attached hydrogens (tertiary/aromatic N) is 2. The van der Waals surface area contributed by atoms with Gasteiger partial charge in [-0.1, -0.05) is 13.3 Å². The Morgan fingerprint density at radius 1 is 1.25 bits per heavy atom. The second kappa shape index (κ2) is 6.70. The molecule has 2 aromatic heterocycles. The summed E-state index contributed by atoms with van der Waals surface area (Å²) >= 11 is 0. The first-order valence-corrected chi connectivity index (χ1v) is 7.35. The molecule has 2 aromatic rings. The first-order chi connectivity index (χ1) is 9.60. The molecule has 0 aromatic carbocycles. The molecule has 0 aliphatic carbocycles. The molecule has 0 amide bonds. The lowest BCUT2D eigenvalue weighted by molar-refractivity contribution is 0.328. The zero-order chi connectivity index (χ0) is 14.5. The molecule has 110 valence electrons. The van der Waals surface area contributed by atoms with Gasteiger partial charge in [-0.25, -0.2) is 4.98 Å². The zero-order valence-electron chi connectivity index (χ0n) is 12.5. The summed E-state index contributed by atoms with van der Waals surface area (Å²) in [7, 11) is 0. The van der Waals surface area contributed by atoms with E-state index in [4.69, 9.17) is 10.5 Å². The van der Waals surface area contributed by atoms with E-state index in [2.05, 4.69) is 21.9 Å². The maximum absolute atomic E-state index is 5.78. The van der Waals surface area contributed by atoms with Crippen LogP contribution < -0.4 is 10.5 Å². The fourth-order valence-corrected chi connectivity index (χ4v) is 2.24. The molecule has 0 saturated carbocycles. The second-order valence-corrected chi connectivity index (χ2v) is 5.38. The van der Waals surface area contributed by atoms with Crippen molar-refractivity contribution < 1.29 is 4.74 Å². The van der Waals surface area contributed by atoms with E-state index in [0.717, 1.165) is 36.3 Å². The lowest BCUT2D eigenvalue weighted by atomic mass is 10.0. The van der Waals surface area contributed by atoms with Crippen molar-refractivity contribution in [2.24, 2.45) is 5.73 Å². The number of nitrogens with two attached hydrogens (primary N) is 1. The number of aromatic amines is 1. The third kappa shape index (κ3) is 3.70. The van der Waals surface area contributed by atoms with Gasteiger partial charge in [-0.05, 0) is 32.8 Å². The molecule has 0 fully saturated rings. The van der Waals surface area contributed by atoms with Crippen molar-refractivity contribution in [3.05, 3.63) is 18.0 Å². The van der Waals surface area contributed by atoms with E-state index in [1.54, 1.807) is 0 Å². The summed E-state index contributed by atoms with van der Waals surface area (Å²) < 4.78 is 5.40. The summed E-state index contributed by atoms with van der Waals surface area (Å²) in [5.74, 6) is 2.01. The number of hydrogen-bond donors (Lipinski definition) is 2. The predicted octanol–water partition coefficient (Wildman–Crippen LogP) is 2.98. The van der Waals surface area contributed by atoms with Gasteiger partial charge in [0.25, 0.3) is 0 Å². The number of nitrogens with one attached hydrogen (secondary N) is 1. The standard InChI is InChI=1S/C15H24N4O/c1-4-20-13-9-8-12-15(18-13)19-14(17-12)10(2)6-5-7-11(3)16/h8-11H,4-7,16H2,1-3H3,(H,17,18,19). The SMILES string of the molecule is CCOc1ccc2[nH]c(C(C)CCCC(C)N)nc2n1. The van der Waals surface area contributed by atoms with Crippen LogP contribution in [0.4, 0.5) is 0 Å². The molecule has 5 nitrogen and oxygen atoms in total. The Labute approximate surface area is 119 Å². The Morgan fingerprint density at radius 2 is 2.05 bits per heavy atom. The normalized spacial score (nSPS) is 14.4. The van der Waals surface area contributed by atoms with Crippen LogP contribution in [0.25, 0.3) is 11.2 Å². The van der Waals surface area contributed by atoms with E-state index in [0.29, 0.717) is 18.4 Å². The highest BCUT2D eigenvalue weighted by atomic mass is 16.5. The summed E-state index contributed by atoms with van der Waals surface area (Å²) in [6.07, 6.45) is 3.25. The van der Waals surface area contributed by atoms with Crippen LogP contribution in [0, 0.1) is 0 Å². The highest BCUT2D eigenvalue weighted by Crippen LogP contribution is 2.22. The fourth-order valence-electron chi connectivity index (χ4n) is 2.24. The first kappa shape index (κ1) is 14.8. The van der Waals surface area contributed by atoms with Crippen LogP contribution >= 0.6 is 0 Å². The fraction of sp³-hybridized carbons (Fsp3) is 0.600. The van der Waals surface area contributed by atoms with Crippen molar-refractivity contribution >= 4 is 11.2 Å². The van der Waals surface area contributed by atoms with E-state index in [-0.39, 0.29) is 6.04 Å². The Balaban J connectivity index is 2.06. The molecular weight excluding hydrogens is 252 g/mol. The van der Waals surface area contributed by atoms with Gasteiger partial charge in [-0.3, -0.25) is 0 Å². The number of rotatable bonds is 7. The molecule has 0 radical (unpaired) electrons. The van der Waals surface area contributed by atoms with E-state index in [1.807, 2.05) is 26.0 Å². The topological polar surface area (TPSA) is 76.8 Å². The lowest BCUT2D eigenvalue weighted by Crippen LogP contribution is -2.14. The molecule has 2 atom stereocenters. The molecular formula is C15H24N4O. The number of H-pyrrole nitrogens is 1. The Kier molecular flexibility index (Phi) is 4.95. The van der Waals surface area contributed by atoms with Crippen molar-refractivity contribution in [3.63, 3.8) is 0 Å². The Hall–Kier alpha value is -1.62. The van der Waals surface area contributed by atoms with E-state index in [9.17, 15) is 0 Å². The van der Waals surface area contributed by atoms with E-state index < -0.39 is 0 Å². The molecule has 5 heteroatoms. The van der Waals surface area contributed by atoms with Gasteiger partial charge < -0.3 is 15.5 Å². The zero-order valence-corrected chi connectivity index (χ0v) is 12.5. The highest BCUT2D eigenvalue weighted by molar-refractivity contribution is 5.71. The molecule has 3 N–H and O–H groups in total. The number of imidazole rings is 1. The summed E-state index contributed by atoms with van der Waals surface area (Å²) in [5, 5.41) is 0. The van der Waals surface area contributed by atoms with Gasteiger partial charge >= 0.3 is 0 Å². The Bertz CT molecular complexity index is 550. The van der Waals surface area contributed by atoms with Crippen LogP contribution in [-0.4, -0.2) is 27.6 Å². The van der Waals surface area contributed by atoms with Crippen molar-refractivity contribution in [1.82, 2.24) is 15.0 Å². The van der Waals surface area contributed by atoms with Gasteiger partial charge in [0, 0.05) is 18.0 Å². The number of fused-ring (bicyclic) bond motifs is 1. The van der Waals surface area contributed by atoms with Crippen molar-refractivity contribution in [1.29, 1.82) is 0 Å². The summed E-state index contributed by atoms with van der Waals surface area (Å²) in [4.78, 5) is 12.3. The minimum absolute atomic E-state index is 0.272. The molecule has 20 heavy (non-hydrogen) atoms. The van der Waals surface area contributed by atoms with Gasteiger partial charge in [0.1, 0.15) is 5.82 Å². The molecule has 0 saturated heterocycles. The highest BCUT2D eigenvalue weighted by Gasteiger charge is 2.12. The summed E-state index contributed by atoms with van der Waals surface area (Å²) in [6.45, 7) is 6.79. The average Bonchev–Trinajstić information content (AvgIpc) is 2.81. The van der Waals surface area contributed by atoms with Crippen molar-refractivity contribution in [2.45, 2.75) is 52.0 Å². The minimum Gasteiger partial charge on any atom is -0.478 e. The first-order valence-electron chi connectivity index (χ1n) is 7.35. The van der Waals surface area contributed by atoms with Crippen molar-refractivity contribution in [2.75, 3.05) is 6.61 Å². The molecule has 0 bridgehead atoms. The van der Waals surface area contributed by atoms with Crippen LogP contribution in [0.3, 0.4) is 0 Å². The number of aromatic nitrogens is 3. The maximum atomic E-state index is 5.78. The van der Waals surface area contributed by atoms with Crippen LogP contribution in [0.1, 0.15) is 51.8 Å². The molecule has 0 aliphatic heterocycles. The molecule has 0 aliphatic rings. The van der Waals surface area contributed by atoms with Gasteiger partial charge in [0.15, 0.2) is 5.65 Å². The minimum atomic E-state index is 0.272. The number of ether oxygens (including phenoxy) is 1. The van der Waals surface area contributed by atoms with E-state index >= 15 is 0 Å². The maximum Gasteiger partial charge on any atom is 0.215 e. The molecule has 2 rings (SSSR count). The molecule has 2 heterocycles. The summed E-state index contributed by atoms with van der Waals surface area (Å²) in [5.41, 5.74) is 7.46. The third-order valence-electron chi connectivity index (χ3n) is 3.39. The third-order valence-corrected chi connectivity index (χ3v) is 3.39. The quantitative estimate of drug-likeness (QED) is 0.815. The van der Waals surface area contributed by atoms with Gasteiger partial charge in [-0.15, -0.1) is 0 Å². The van der Waals surface area contributed by atoms with Gasteiger partial charge in [0.2, 0.25) is 5.88 Å². The van der Waals surface area contributed by atoms with E-state index in [1.165, 1.54) is 0 Å². The van der Waals surface area contributed by atoms with Crippen molar-refractivity contribution in [3.8, 4) is 5.88 Å². The van der Waals surface area contributed by atoms with Crippen LogP contribution in [0.15, 0.2) is 12.1 Å². The smallest absolute Gasteiger partial charge is 0.215 e.